The topological polar surface area (TPSA) is 184 Å². The first-order valence-corrected chi connectivity index (χ1v) is 11.8. The normalized spacial score (nSPS) is 21.3. The SMILES string of the molecule is CC(=O)C(N=Nc1ccc(C(=O)Nc2ccc(C(N)=O)cc2)cc1)C(=O)NC1CCC2NC(=O)NC2C1. The molecule has 1 aliphatic carbocycles. The standard InChI is InChI=1S/C25H27N7O5/c1-13(33)21(24(36)28-18-10-11-19-20(12-18)30-25(37)29-19)32-31-17-8-4-15(5-9-17)23(35)27-16-6-2-14(3-7-16)22(26)34/h2-9,18-21H,10-12H2,1H3,(H2,26,34)(H,27,35)(H,28,36)(H2,29,30,37). The van der Waals surface area contributed by atoms with Crippen LogP contribution in [0.4, 0.5) is 16.2 Å². The van der Waals surface area contributed by atoms with Gasteiger partial charge in [0, 0.05) is 22.9 Å². The van der Waals surface area contributed by atoms with Gasteiger partial charge in [-0.2, -0.15) is 10.2 Å². The number of rotatable bonds is 8. The Labute approximate surface area is 212 Å². The fourth-order valence-corrected chi connectivity index (χ4v) is 4.34. The third-order valence-electron chi connectivity index (χ3n) is 6.31. The number of hydrogen-bond acceptors (Lipinski definition) is 7. The number of carbonyl (C=O) groups is 5. The fraction of sp³-hybridized carbons (Fsp3) is 0.320. The number of Topliss-reactive ketones (excluding diaryl/α,β-unsaturated/α-hetero) is 1. The van der Waals surface area contributed by atoms with Crippen LogP contribution in [0.5, 0.6) is 0 Å². The number of carbonyl (C=O) groups excluding carboxylic acids is 5. The molecule has 0 spiro atoms. The molecule has 1 saturated carbocycles. The minimum Gasteiger partial charge on any atom is -0.366 e. The number of anilines is 1. The lowest BCUT2D eigenvalue weighted by molar-refractivity contribution is -0.129. The van der Waals surface area contributed by atoms with Crippen molar-refractivity contribution in [3.63, 3.8) is 0 Å². The Bertz CT molecular complexity index is 1240. The van der Waals surface area contributed by atoms with Gasteiger partial charge in [-0.05, 0) is 74.7 Å². The van der Waals surface area contributed by atoms with Crippen LogP contribution in [0.3, 0.4) is 0 Å². The quantitative estimate of drug-likeness (QED) is 0.270. The van der Waals surface area contributed by atoms with Crippen LogP contribution in [0.25, 0.3) is 0 Å². The predicted molar refractivity (Wildman–Crippen MR) is 133 cm³/mol. The van der Waals surface area contributed by atoms with Crippen molar-refractivity contribution in [2.45, 2.75) is 50.4 Å². The van der Waals surface area contributed by atoms with Crippen LogP contribution in [0.15, 0.2) is 58.8 Å². The molecule has 4 unspecified atom stereocenters. The molecule has 12 nitrogen and oxygen atoms in total. The summed E-state index contributed by atoms with van der Waals surface area (Å²) >= 11 is 0. The molecular weight excluding hydrogens is 478 g/mol. The maximum Gasteiger partial charge on any atom is 0.315 e. The van der Waals surface area contributed by atoms with Crippen molar-refractivity contribution in [2.75, 3.05) is 5.32 Å². The minimum absolute atomic E-state index is 0.0522. The third-order valence-corrected chi connectivity index (χ3v) is 6.31. The van der Waals surface area contributed by atoms with Crippen LogP contribution in [0.1, 0.15) is 46.9 Å². The molecule has 2 aromatic rings. The van der Waals surface area contributed by atoms with Crippen molar-refractivity contribution in [1.82, 2.24) is 16.0 Å². The maximum absolute atomic E-state index is 12.7. The lowest BCUT2D eigenvalue weighted by atomic mass is 9.87. The number of primary amides is 1. The summed E-state index contributed by atoms with van der Waals surface area (Å²) < 4.78 is 0. The summed E-state index contributed by atoms with van der Waals surface area (Å²) in [6.45, 7) is 1.27. The van der Waals surface area contributed by atoms with E-state index in [-0.39, 0.29) is 30.1 Å². The number of nitrogens with two attached hydrogens (primary N) is 1. The number of azo groups is 1. The molecule has 2 aromatic carbocycles. The molecule has 192 valence electrons. The largest absolute Gasteiger partial charge is 0.366 e. The Morgan fingerprint density at radius 2 is 1.59 bits per heavy atom. The fourth-order valence-electron chi connectivity index (χ4n) is 4.34. The molecule has 4 rings (SSSR count). The van der Waals surface area contributed by atoms with Crippen LogP contribution in [0, 0.1) is 0 Å². The van der Waals surface area contributed by atoms with Crippen LogP contribution < -0.4 is 27.0 Å². The van der Waals surface area contributed by atoms with Crippen molar-refractivity contribution >= 4 is 40.9 Å². The number of fused-ring (bicyclic) bond motifs is 1. The molecular formula is C25H27N7O5. The van der Waals surface area contributed by atoms with E-state index in [1.807, 2.05) is 0 Å². The second-order valence-corrected chi connectivity index (χ2v) is 9.02. The zero-order valence-electron chi connectivity index (χ0n) is 20.1. The van der Waals surface area contributed by atoms with Gasteiger partial charge in [0.2, 0.25) is 11.9 Å². The predicted octanol–water partition coefficient (Wildman–Crippen LogP) is 1.80. The molecule has 1 heterocycles. The first kappa shape index (κ1) is 25.5. The Hall–Kier alpha value is -4.61. The van der Waals surface area contributed by atoms with Gasteiger partial charge in [0.05, 0.1) is 17.8 Å². The molecule has 0 aromatic heterocycles. The molecule has 6 N–H and O–H groups in total. The van der Waals surface area contributed by atoms with Crippen molar-refractivity contribution < 1.29 is 24.0 Å². The Balaban J connectivity index is 1.33. The van der Waals surface area contributed by atoms with E-state index in [1.54, 1.807) is 24.3 Å². The Morgan fingerprint density at radius 3 is 2.24 bits per heavy atom. The number of nitrogens with one attached hydrogen (secondary N) is 4. The molecule has 37 heavy (non-hydrogen) atoms. The summed E-state index contributed by atoms with van der Waals surface area (Å²) in [7, 11) is 0. The van der Waals surface area contributed by atoms with E-state index in [9.17, 15) is 24.0 Å². The summed E-state index contributed by atoms with van der Waals surface area (Å²) in [5.74, 6) is -1.94. The highest BCUT2D eigenvalue weighted by molar-refractivity contribution is 6.05. The van der Waals surface area contributed by atoms with Crippen molar-refractivity contribution in [2.24, 2.45) is 16.0 Å². The van der Waals surface area contributed by atoms with E-state index in [0.717, 1.165) is 6.42 Å². The minimum atomic E-state index is -1.31. The molecule has 12 heteroatoms. The first-order valence-electron chi connectivity index (χ1n) is 11.8. The monoisotopic (exact) mass is 505 g/mol. The highest BCUT2D eigenvalue weighted by Gasteiger charge is 2.38. The van der Waals surface area contributed by atoms with Gasteiger partial charge in [0.25, 0.3) is 11.8 Å². The van der Waals surface area contributed by atoms with E-state index in [0.29, 0.717) is 35.3 Å². The van der Waals surface area contributed by atoms with Gasteiger partial charge in [-0.15, -0.1) is 0 Å². The molecule has 4 atom stereocenters. The van der Waals surface area contributed by atoms with Crippen LogP contribution in [-0.2, 0) is 9.59 Å². The van der Waals surface area contributed by atoms with Gasteiger partial charge in [-0.3, -0.25) is 19.2 Å². The number of ketones is 1. The van der Waals surface area contributed by atoms with Gasteiger partial charge in [-0.1, -0.05) is 0 Å². The second-order valence-electron chi connectivity index (χ2n) is 9.02. The molecule has 0 radical (unpaired) electrons. The van der Waals surface area contributed by atoms with E-state index in [4.69, 9.17) is 5.73 Å². The molecule has 0 bridgehead atoms. The Kier molecular flexibility index (Phi) is 7.56. The van der Waals surface area contributed by atoms with Crippen LogP contribution in [0.2, 0.25) is 0 Å². The summed E-state index contributed by atoms with van der Waals surface area (Å²) in [5, 5.41) is 19.2. The van der Waals surface area contributed by atoms with E-state index < -0.39 is 23.6 Å². The highest BCUT2D eigenvalue weighted by Crippen LogP contribution is 2.23. The smallest absolute Gasteiger partial charge is 0.315 e. The molecule has 5 amide bonds. The van der Waals surface area contributed by atoms with E-state index in [2.05, 4.69) is 31.5 Å². The highest BCUT2D eigenvalue weighted by atomic mass is 16.2. The van der Waals surface area contributed by atoms with Gasteiger partial charge < -0.3 is 27.0 Å². The van der Waals surface area contributed by atoms with Gasteiger partial charge in [0.15, 0.2) is 5.78 Å². The average Bonchev–Trinajstić information content (AvgIpc) is 3.24. The maximum atomic E-state index is 12.7. The number of urea groups is 1. The number of hydrogen-bond donors (Lipinski definition) is 5. The molecule has 1 aliphatic heterocycles. The molecule has 2 aliphatic rings. The summed E-state index contributed by atoms with van der Waals surface area (Å²) in [5.41, 5.74) is 6.75. The summed E-state index contributed by atoms with van der Waals surface area (Å²) in [6, 6.07) is 10.6. The van der Waals surface area contributed by atoms with Gasteiger partial charge in [-0.25, -0.2) is 4.79 Å². The third kappa shape index (κ3) is 6.34. The lowest BCUT2D eigenvalue weighted by Gasteiger charge is -2.31. The first-order chi connectivity index (χ1) is 17.7. The van der Waals surface area contributed by atoms with E-state index in [1.165, 1.54) is 31.2 Å². The zero-order valence-corrected chi connectivity index (χ0v) is 20.1. The average molecular weight is 506 g/mol. The lowest BCUT2D eigenvalue weighted by Crippen LogP contribution is -2.50. The van der Waals surface area contributed by atoms with Crippen molar-refractivity contribution in [3.8, 4) is 0 Å². The van der Waals surface area contributed by atoms with Crippen molar-refractivity contribution in [3.05, 3.63) is 59.7 Å². The second kappa shape index (κ2) is 11.0. The summed E-state index contributed by atoms with van der Waals surface area (Å²) in [4.78, 5) is 60.0. The molecule has 2 fully saturated rings. The number of amides is 5. The van der Waals surface area contributed by atoms with Crippen LogP contribution in [-0.4, -0.2) is 53.7 Å². The summed E-state index contributed by atoms with van der Waals surface area (Å²) in [6.07, 6.45) is 1.96. The van der Waals surface area contributed by atoms with Gasteiger partial charge in [0.1, 0.15) is 0 Å². The van der Waals surface area contributed by atoms with Crippen molar-refractivity contribution in [1.29, 1.82) is 0 Å². The van der Waals surface area contributed by atoms with Gasteiger partial charge >= 0.3 is 6.03 Å². The van der Waals surface area contributed by atoms with Crippen LogP contribution >= 0.6 is 0 Å². The zero-order chi connectivity index (χ0) is 26.5. The number of nitrogens with zero attached hydrogens (tertiary/aromatic N) is 2. The molecule has 1 saturated heterocycles. The Morgan fingerprint density at radius 1 is 0.946 bits per heavy atom. The number of benzene rings is 2. The van der Waals surface area contributed by atoms with E-state index >= 15 is 0 Å².